The Morgan fingerprint density at radius 2 is 1.72 bits per heavy atom. The highest BCUT2D eigenvalue weighted by Crippen LogP contribution is 2.44. The van der Waals surface area contributed by atoms with Gasteiger partial charge in [0.2, 0.25) is 9.84 Å². The molecule has 2 unspecified atom stereocenters. The number of aryl methyl sites for hydroxylation is 1. The van der Waals surface area contributed by atoms with Gasteiger partial charge in [-0.3, -0.25) is 0 Å². The van der Waals surface area contributed by atoms with Gasteiger partial charge in [-0.15, -0.1) is 0 Å². The van der Waals surface area contributed by atoms with Gasteiger partial charge in [-0.05, 0) is 39.8 Å². The Morgan fingerprint density at radius 1 is 1.12 bits per heavy atom. The minimum atomic E-state index is -3.94. The molecule has 0 saturated carbocycles. The molecule has 3 rings (SSSR count). The molecule has 0 bridgehead atoms. The first-order valence-electron chi connectivity index (χ1n) is 8.17. The molecule has 140 valence electrons. The molecular weight excluding hydrogens is 348 g/mol. The van der Waals surface area contributed by atoms with Crippen LogP contribution in [0.3, 0.4) is 0 Å². The van der Waals surface area contributed by atoms with Gasteiger partial charge >= 0.3 is 0 Å². The smallest absolute Gasteiger partial charge is 0.205 e. The lowest BCUT2D eigenvalue weighted by Crippen LogP contribution is -2.40. The summed E-state index contributed by atoms with van der Waals surface area (Å²) in [4.78, 5) is 0.0378. The summed E-state index contributed by atoms with van der Waals surface area (Å²) in [7, 11) is -3.94. The van der Waals surface area contributed by atoms with Crippen LogP contribution in [0.25, 0.3) is 0 Å². The summed E-state index contributed by atoms with van der Waals surface area (Å²) >= 11 is 0. The van der Waals surface area contributed by atoms with Crippen molar-refractivity contribution in [1.82, 2.24) is 0 Å². The standard InChI is InChI=1S/C17H24O7S/c1-10-5-7-11(8-6-10)25(20,21)13(18)9-12-14-15(17(4,19)22-12)24-16(2,3)23-14/h5-8,12-15,18-19H,9H2,1-4H3/t12-,13?,14-,15-,17?/m1/s1. The fourth-order valence-electron chi connectivity index (χ4n) is 3.31. The second kappa shape index (κ2) is 6.00. The van der Waals surface area contributed by atoms with Crippen LogP contribution in [0.1, 0.15) is 32.8 Å². The lowest BCUT2D eigenvalue weighted by molar-refractivity contribution is -0.266. The largest absolute Gasteiger partial charge is 0.377 e. The van der Waals surface area contributed by atoms with Gasteiger partial charge in [0.15, 0.2) is 17.0 Å². The van der Waals surface area contributed by atoms with Crippen LogP contribution in [-0.2, 0) is 24.0 Å². The molecule has 2 aliphatic rings. The molecule has 7 nitrogen and oxygen atoms in total. The molecular formula is C17H24O7S. The van der Waals surface area contributed by atoms with Crippen molar-refractivity contribution in [2.24, 2.45) is 0 Å². The number of sulfone groups is 1. The van der Waals surface area contributed by atoms with Crippen molar-refractivity contribution < 1.29 is 32.8 Å². The van der Waals surface area contributed by atoms with Crippen molar-refractivity contribution in [2.45, 2.75) is 74.3 Å². The van der Waals surface area contributed by atoms with Gasteiger partial charge in [0, 0.05) is 6.42 Å². The molecule has 0 spiro atoms. The van der Waals surface area contributed by atoms with Gasteiger partial charge < -0.3 is 24.4 Å². The third kappa shape index (κ3) is 3.47. The zero-order valence-corrected chi connectivity index (χ0v) is 15.5. The summed E-state index contributed by atoms with van der Waals surface area (Å²) in [6, 6.07) is 6.26. The zero-order chi connectivity index (χ0) is 18.6. The minimum Gasteiger partial charge on any atom is -0.377 e. The third-order valence-corrected chi connectivity index (χ3v) is 6.39. The van der Waals surface area contributed by atoms with E-state index in [2.05, 4.69) is 0 Å². The van der Waals surface area contributed by atoms with E-state index in [0.29, 0.717) is 0 Å². The van der Waals surface area contributed by atoms with Crippen LogP contribution in [0.4, 0.5) is 0 Å². The van der Waals surface area contributed by atoms with E-state index in [-0.39, 0.29) is 11.3 Å². The average Bonchev–Trinajstić information content (AvgIpc) is 2.93. The Balaban J connectivity index is 1.79. The number of benzene rings is 1. The maximum Gasteiger partial charge on any atom is 0.205 e. The van der Waals surface area contributed by atoms with Crippen molar-refractivity contribution in [3.63, 3.8) is 0 Å². The maximum atomic E-state index is 12.6. The van der Waals surface area contributed by atoms with E-state index in [1.165, 1.54) is 19.1 Å². The average molecular weight is 372 g/mol. The quantitative estimate of drug-likeness (QED) is 0.816. The Morgan fingerprint density at radius 3 is 2.32 bits per heavy atom. The first-order valence-corrected chi connectivity index (χ1v) is 9.71. The number of hydrogen-bond donors (Lipinski definition) is 2. The Kier molecular flexibility index (Phi) is 4.50. The van der Waals surface area contributed by atoms with Gasteiger partial charge in [0.25, 0.3) is 0 Å². The molecule has 0 aromatic heterocycles. The van der Waals surface area contributed by atoms with Crippen molar-refractivity contribution in [2.75, 3.05) is 0 Å². The SMILES string of the molecule is Cc1ccc(S(=O)(=O)C(O)C[C@H]2OC(C)(O)[C@@H]3OC(C)(C)O[C@@H]32)cc1. The van der Waals surface area contributed by atoms with Crippen LogP contribution in [-0.4, -0.2) is 54.0 Å². The summed E-state index contributed by atoms with van der Waals surface area (Å²) in [5.74, 6) is -2.53. The molecule has 2 N–H and O–H groups in total. The number of fused-ring (bicyclic) bond motifs is 1. The number of aliphatic hydroxyl groups is 2. The molecule has 2 fully saturated rings. The van der Waals surface area contributed by atoms with E-state index < -0.39 is 45.2 Å². The van der Waals surface area contributed by atoms with E-state index in [9.17, 15) is 18.6 Å². The molecule has 2 aliphatic heterocycles. The summed E-state index contributed by atoms with van der Waals surface area (Å²) in [6.45, 7) is 6.70. The predicted octanol–water partition coefficient (Wildman–Crippen LogP) is 1.10. The van der Waals surface area contributed by atoms with Gasteiger partial charge in [0.05, 0.1) is 11.0 Å². The van der Waals surface area contributed by atoms with Crippen LogP contribution < -0.4 is 0 Å². The highest BCUT2D eigenvalue weighted by Gasteiger charge is 2.60. The molecule has 2 heterocycles. The number of rotatable bonds is 4. The Hall–Kier alpha value is -1.03. The van der Waals surface area contributed by atoms with Gasteiger partial charge in [-0.1, -0.05) is 17.7 Å². The van der Waals surface area contributed by atoms with Crippen LogP contribution >= 0.6 is 0 Å². The minimum absolute atomic E-state index is 0.0378. The topological polar surface area (TPSA) is 102 Å². The maximum absolute atomic E-state index is 12.6. The lowest BCUT2D eigenvalue weighted by atomic mass is 10.1. The van der Waals surface area contributed by atoms with E-state index in [0.717, 1.165) is 5.56 Å². The summed E-state index contributed by atoms with van der Waals surface area (Å²) in [5, 5.41) is 20.7. The summed E-state index contributed by atoms with van der Waals surface area (Å²) in [5.41, 5.74) is -0.757. The fraction of sp³-hybridized carbons (Fsp3) is 0.647. The summed E-state index contributed by atoms with van der Waals surface area (Å²) < 4.78 is 42.1. The summed E-state index contributed by atoms with van der Waals surface area (Å²) in [6.07, 6.45) is -2.45. The first-order chi connectivity index (χ1) is 11.4. The van der Waals surface area contributed by atoms with E-state index in [4.69, 9.17) is 14.2 Å². The normalized spacial score (nSPS) is 35.5. The lowest BCUT2D eigenvalue weighted by Gasteiger charge is -2.27. The highest BCUT2D eigenvalue weighted by molar-refractivity contribution is 7.91. The van der Waals surface area contributed by atoms with Gasteiger partial charge in [-0.2, -0.15) is 0 Å². The van der Waals surface area contributed by atoms with Gasteiger partial charge in [0.1, 0.15) is 12.2 Å². The van der Waals surface area contributed by atoms with Crippen molar-refractivity contribution in [3.8, 4) is 0 Å². The zero-order valence-electron chi connectivity index (χ0n) is 14.7. The molecule has 1 aromatic rings. The number of hydrogen-bond acceptors (Lipinski definition) is 7. The van der Waals surface area contributed by atoms with E-state index in [1.54, 1.807) is 26.0 Å². The predicted molar refractivity (Wildman–Crippen MR) is 88.3 cm³/mol. The molecule has 0 amide bonds. The second-order valence-corrected chi connectivity index (χ2v) is 9.39. The molecule has 0 aliphatic carbocycles. The van der Waals surface area contributed by atoms with Crippen LogP contribution in [0.5, 0.6) is 0 Å². The monoisotopic (exact) mass is 372 g/mol. The van der Waals surface area contributed by atoms with Crippen LogP contribution in [0.2, 0.25) is 0 Å². The van der Waals surface area contributed by atoms with E-state index in [1.807, 2.05) is 6.92 Å². The molecule has 0 radical (unpaired) electrons. The molecule has 8 heteroatoms. The van der Waals surface area contributed by atoms with Crippen molar-refractivity contribution >= 4 is 9.84 Å². The molecule has 1 aromatic carbocycles. The van der Waals surface area contributed by atoms with Crippen molar-refractivity contribution in [3.05, 3.63) is 29.8 Å². The molecule has 5 atom stereocenters. The first kappa shape index (κ1) is 18.8. The number of aliphatic hydroxyl groups excluding tert-OH is 1. The van der Waals surface area contributed by atoms with Crippen LogP contribution in [0, 0.1) is 6.92 Å². The van der Waals surface area contributed by atoms with Crippen molar-refractivity contribution in [1.29, 1.82) is 0 Å². The van der Waals surface area contributed by atoms with Crippen LogP contribution in [0.15, 0.2) is 29.2 Å². The van der Waals surface area contributed by atoms with Gasteiger partial charge in [-0.25, -0.2) is 8.42 Å². The fourth-order valence-corrected chi connectivity index (χ4v) is 4.58. The highest BCUT2D eigenvalue weighted by atomic mass is 32.2. The third-order valence-electron chi connectivity index (χ3n) is 4.56. The molecule has 2 saturated heterocycles. The number of ether oxygens (including phenoxy) is 3. The Labute approximate surface area is 147 Å². The Bertz CT molecular complexity index is 739. The second-order valence-electron chi connectivity index (χ2n) is 7.28. The molecule has 25 heavy (non-hydrogen) atoms. The van der Waals surface area contributed by atoms with E-state index >= 15 is 0 Å².